The lowest BCUT2D eigenvalue weighted by molar-refractivity contribution is -0.162. The Labute approximate surface area is 233 Å². The Balaban J connectivity index is 1.26. The molecule has 0 aromatic heterocycles. The van der Waals surface area contributed by atoms with Gasteiger partial charge in [0.1, 0.15) is 6.04 Å². The molecule has 0 saturated carbocycles. The number of rotatable bonds is 6. The van der Waals surface area contributed by atoms with Crippen LogP contribution in [0.15, 0.2) is 66.7 Å². The molecule has 3 aromatic carbocycles. The molecule has 7 heteroatoms. The van der Waals surface area contributed by atoms with Crippen molar-refractivity contribution in [1.82, 2.24) is 4.90 Å². The van der Waals surface area contributed by atoms with Crippen LogP contribution in [0.5, 0.6) is 0 Å². The van der Waals surface area contributed by atoms with E-state index in [4.69, 9.17) is 4.74 Å². The first-order chi connectivity index (χ1) is 19.2. The van der Waals surface area contributed by atoms with Gasteiger partial charge in [0.15, 0.2) is 6.61 Å². The molecule has 1 N–H and O–H groups in total. The van der Waals surface area contributed by atoms with Crippen LogP contribution in [-0.4, -0.2) is 41.2 Å². The molecule has 3 aliphatic carbocycles. The van der Waals surface area contributed by atoms with Crippen LogP contribution in [-0.2, 0) is 23.9 Å². The molecule has 3 aromatic rings. The van der Waals surface area contributed by atoms with Gasteiger partial charge in [-0.05, 0) is 59.2 Å². The molecule has 3 atom stereocenters. The lowest BCUT2D eigenvalue weighted by Gasteiger charge is -2.45. The number of aryl methyl sites for hydroxylation is 1. The maximum atomic E-state index is 14.1. The van der Waals surface area contributed by atoms with E-state index in [1.165, 1.54) is 0 Å². The minimum absolute atomic E-state index is 0.254. The SMILES string of the molecule is Cc1cccc(NC(=O)COC(=O)[C@H](C(C)C)N2C(=O)[C@@H]3C4c5ccccc5C(c5ccccc54)[C@H]3C2=O)c1C. The predicted octanol–water partition coefficient (Wildman–Crippen LogP) is 4.70. The van der Waals surface area contributed by atoms with Crippen LogP contribution in [0.4, 0.5) is 5.69 Å². The Hall–Kier alpha value is -4.26. The van der Waals surface area contributed by atoms with Crippen molar-refractivity contribution < 1.29 is 23.9 Å². The van der Waals surface area contributed by atoms with Crippen LogP contribution in [0.2, 0.25) is 0 Å². The molecule has 1 fully saturated rings. The standard InChI is InChI=1S/C33H32N2O5/c1-17(2)30(33(39)40-16-25(36)34-24-15-9-10-18(3)19(24)4)35-31(37)28-26-20-11-5-6-12-21(20)27(29(28)32(35)38)23-14-8-7-13-22(23)26/h5-15,17,26-30H,16H2,1-4H3,(H,34,36)/t26?,27?,28-,29-,30+/m1/s1. The molecule has 7 rings (SSSR count). The molecule has 0 spiro atoms. The van der Waals surface area contributed by atoms with Crippen molar-refractivity contribution in [3.63, 3.8) is 0 Å². The maximum absolute atomic E-state index is 14.1. The van der Waals surface area contributed by atoms with E-state index in [9.17, 15) is 19.2 Å². The number of carbonyl (C=O) groups excluding carboxylic acids is 4. The first-order valence-corrected chi connectivity index (χ1v) is 13.8. The van der Waals surface area contributed by atoms with Crippen LogP contribution in [0.3, 0.4) is 0 Å². The molecule has 7 nitrogen and oxygen atoms in total. The number of benzene rings is 3. The number of esters is 1. The number of hydrogen-bond donors (Lipinski definition) is 1. The summed E-state index contributed by atoms with van der Waals surface area (Å²) in [5.41, 5.74) is 6.88. The topological polar surface area (TPSA) is 92.8 Å². The van der Waals surface area contributed by atoms with Crippen LogP contribution >= 0.6 is 0 Å². The van der Waals surface area contributed by atoms with E-state index >= 15 is 0 Å². The number of hydrogen-bond acceptors (Lipinski definition) is 5. The molecular formula is C33H32N2O5. The van der Waals surface area contributed by atoms with Crippen LogP contribution in [0.1, 0.15) is 59.1 Å². The maximum Gasteiger partial charge on any atom is 0.330 e. The van der Waals surface area contributed by atoms with Crippen molar-refractivity contribution in [2.24, 2.45) is 17.8 Å². The monoisotopic (exact) mass is 536 g/mol. The van der Waals surface area contributed by atoms with Gasteiger partial charge in [0, 0.05) is 17.5 Å². The second-order valence-corrected chi connectivity index (χ2v) is 11.4. The third-order valence-electron chi connectivity index (χ3n) is 8.86. The smallest absolute Gasteiger partial charge is 0.330 e. The second-order valence-electron chi connectivity index (χ2n) is 11.4. The molecule has 4 aliphatic rings. The zero-order valence-corrected chi connectivity index (χ0v) is 23.0. The van der Waals surface area contributed by atoms with Gasteiger partial charge in [0.05, 0.1) is 11.8 Å². The van der Waals surface area contributed by atoms with E-state index in [-0.39, 0.29) is 23.7 Å². The molecule has 0 unspecified atom stereocenters. The summed E-state index contributed by atoms with van der Waals surface area (Å²) in [7, 11) is 0. The van der Waals surface area contributed by atoms with Crippen LogP contribution < -0.4 is 5.32 Å². The Kier molecular flexibility index (Phi) is 6.32. The van der Waals surface area contributed by atoms with E-state index in [1.54, 1.807) is 19.9 Å². The summed E-state index contributed by atoms with van der Waals surface area (Å²) < 4.78 is 5.43. The molecule has 204 valence electrons. The predicted molar refractivity (Wildman–Crippen MR) is 150 cm³/mol. The fraction of sp³-hybridized carbons (Fsp3) is 0.333. The Bertz CT molecular complexity index is 1440. The van der Waals surface area contributed by atoms with Crippen molar-refractivity contribution >= 4 is 29.4 Å². The number of anilines is 1. The average Bonchev–Trinajstić information content (AvgIpc) is 3.20. The van der Waals surface area contributed by atoms with Gasteiger partial charge < -0.3 is 10.1 Å². The number of amides is 3. The summed E-state index contributed by atoms with van der Waals surface area (Å²) in [5.74, 6) is -3.99. The van der Waals surface area contributed by atoms with Crippen molar-refractivity contribution in [3.8, 4) is 0 Å². The highest BCUT2D eigenvalue weighted by Gasteiger charge is 2.63. The summed E-state index contributed by atoms with van der Waals surface area (Å²) in [4.78, 5) is 55.3. The summed E-state index contributed by atoms with van der Waals surface area (Å²) >= 11 is 0. The van der Waals surface area contributed by atoms with Gasteiger partial charge in [-0.2, -0.15) is 0 Å². The molecule has 1 saturated heterocycles. The fourth-order valence-corrected chi connectivity index (χ4v) is 6.95. The largest absolute Gasteiger partial charge is 0.454 e. The molecule has 3 amide bonds. The summed E-state index contributed by atoms with van der Waals surface area (Å²) in [5, 5.41) is 2.78. The average molecular weight is 537 g/mol. The van der Waals surface area contributed by atoms with Gasteiger partial charge in [-0.3, -0.25) is 19.3 Å². The molecule has 40 heavy (non-hydrogen) atoms. The van der Waals surface area contributed by atoms with Crippen LogP contribution in [0.25, 0.3) is 0 Å². The van der Waals surface area contributed by atoms with E-state index in [0.29, 0.717) is 5.69 Å². The minimum atomic E-state index is -1.12. The van der Waals surface area contributed by atoms with Gasteiger partial charge in [-0.1, -0.05) is 74.5 Å². The van der Waals surface area contributed by atoms with Gasteiger partial charge in [-0.15, -0.1) is 0 Å². The van der Waals surface area contributed by atoms with Gasteiger partial charge in [-0.25, -0.2) is 4.79 Å². The number of carbonyl (C=O) groups is 4. The van der Waals surface area contributed by atoms with E-state index in [2.05, 4.69) is 5.32 Å². The lowest BCUT2D eigenvalue weighted by atomic mass is 9.55. The summed E-state index contributed by atoms with van der Waals surface area (Å²) in [6.45, 7) is 6.90. The van der Waals surface area contributed by atoms with Crippen molar-refractivity contribution in [2.75, 3.05) is 11.9 Å². The lowest BCUT2D eigenvalue weighted by Crippen LogP contribution is -2.49. The highest BCUT2D eigenvalue weighted by molar-refractivity contribution is 6.10. The summed E-state index contributed by atoms with van der Waals surface area (Å²) in [6.07, 6.45) is 0. The van der Waals surface area contributed by atoms with Crippen molar-refractivity contribution in [2.45, 2.75) is 45.6 Å². The first kappa shape index (κ1) is 26.0. The Morgan fingerprint density at radius 3 is 1.77 bits per heavy atom. The molecule has 1 aliphatic heterocycles. The number of ether oxygens (including phenoxy) is 1. The summed E-state index contributed by atoms with van der Waals surface area (Å²) in [6, 6.07) is 20.5. The number of nitrogens with zero attached hydrogens (tertiary/aromatic N) is 1. The second kappa shape index (κ2) is 9.73. The quantitative estimate of drug-likeness (QED) is 0.364. The molecule has 0 radical (unpaired) electrons. The zero-order chi connectivity index (χ0) is 28.3. The van der Waals surface area contributed by atoms with E-state index < -0.39 is 42.3 Å². The van der Waals surface area contributed by atoms with Gasteiger partial charge in [0.2, 0.25) is 11.8 Å². The first-order valence-electron chi connectivity index (χ1n) is 13.8. The van der Waals surface area contributed by atoms with Gasteiger partial charge in [0.25, 0.3) is 5.91 Å². The minimum Gasteiger partial charge on any atom is -0.454 e. The Morgan fingerprint density at radius 2 is 1.30 bits per heavy atom. The molecular weight excluding hydrogens is 504 g/mol. The normalized spacial score (nSPS) is 23.0. The van der Waals surface area contributed by atoms with Gasteiger partial charge >= 0.3 is 5.97 Å². The number of nitrogens with one attached hydrogen (secondary N) is 1. The third-order valence-corrected chi connectivity index (χ3v) is 8.86. The fourth-order valence-electron chi connectivity index (χ4n) is 6.95. The van der Waals surface area contributed by atoms with Crippen LogP contribution in [0, 0.1) is 31.6 Å². The highest BCUT2D eigenvalue weighted by Crippen LogP contribution is 2.61. The molecule has 1 heterocycles. The Morgan fingerprint density at radius 1 is 0.800 bits per heavy atom. The molecule has 2 bridgehead atoms. The van der Waals surface area contributed by atoms with Crippen molar-refractivity contribution in [3.05, 3.63) is 100 Å². The number of imide groups is 1. The van der Waals surface area contributed by atoms with Crippen molar-refractivity contribution in [1.29, 1.82) is 0 Å². The van der Waals surface area contributed by atoms with E-state index in [1.807, 2.05) is 74.5 Å². The third kappa shape index (κ3) is 3.86. The number of likely N-dealkylation sites (tertiary alicyclic amines) is 1. The zero-order valence-electron chi connectivity index (χ0n) is 23.0. The van der Waals surface area contributed by atoms with E-state index in [0.717, 1.165) is 38.3 Å². The highest BCUT2D eigenvalue weighted by atomic mass is 16.5.